The Labute approximate surface area is 67.3 Å². The second kappa shape index (κ2) is 2.83. The van der Waals surface area contributed by atoms with Crippen molar-refractivity contribution in [3.8, 4) is 0 Å². The highest BCUT2D eigenvalue weighted by Gasteiger charge is 2.33. The molecular formula is C5H8INO2. The van der Waals surface area contributed by atoms with E-state index in [0.717, 1.165) is 12.8 Å². The summed E-state index contributed by atoms with van der Waals surface area (Å²) in [5, 5.41) is 8.42. The summed E-state index contributed by atoms with van der Waals surface area (Å²) < 4.78 is 2.99. The topological polar surface area (TPSA) is 49.3 Å². The van der Waals surface area contributed by atoms with Crippen LogP contribution in [0.2, 0.25) is 0 Å². The average Bonchev–Trinajstić information content (AvgIpc) is 1.61. The Morgan fingerprint density at radius 2 is 2.22 bits per heavy atom. The van der Waals surface area contributed by atoms with Gasteiger partial charge in [-0.05, 0) is 12.8 Å². The van der Waals surface area contributed by atoms with Gasteiger partial charge in [-0.15, -0.1) is 0 Å². The molecule has 0 aromatic carbocycles. The molecule has 52 valence electrons. The van der Waals surface area contributed by atoms with Gasteiger partial charge < -0.3 is 5.11 Å². The van der Waals surface area contributed by atoms with Crippen molar-refractivity contribution in [2.45, 2.75) is 18.9 Å². The summed E-state index contributed by atoms with van der Waals surface area (Å²) in [4.78, 5) is 10.2. The Kier molecular flexibility index (Phi) is 2.29. The van der Waals surface area contributed by atoms with E-state index in [9.17, 15) is 4.79 Å². The molecule has 1 saturated carbocycles. The van der Waals surface area contributed by atoms with Gasteiger partial charge in [-0.2, -0.15) is 0 Å². The van der Waals surface area contributed by atoms with Gasteiger partial charge in [0, 0.05) is 28.9 Å². The molecule has 0 unspecified atom stereocenters. The number of aliphatic carboxylic acids is 1. The van der Waals surface area contributed by atoms with Gasteiger partial charge in [-0.25, -0.2) is 0 Å². The minimum absolute atomic E-state index is 0.0859. The molecule has 1 aliphatic rings. The first-order chi connectivity index (χ1) is 4.24. The Morgan fingerprint density at radius 3 is 2.56 bits per heavy atom. The molecule has 0 amide bonds. The normalized spacial score (nSPS) is 33.4. The molecule has 1 aliphatic carbocycles. The molecule has 9 heavy (non-hydrogen) atoms. The molecular weight excluding hydrogens is 233 g/mol. The van der Waals surface area contributed by atoms with E-state index < -0.39 is 5.97 Å². The van der Waals surface area contributed by atoms with E-state index in [1.54, 1.807) is 0 Å². The van der Waals surface area contributed by atoms with Gasteiger partial charge in [0.1, 0.15) is 0 Å². The highest BCUT2D eigenvalue weighted by Crippen LogP contribution is 2.27. The Morgan fingerprint density at radius 1 is 1.67 bits per heavy atom. The van der Waals surface area contributed by atoms with Crippen molar-refractivity contribution in [3.63, 3.8) is 0 Å². The lowest BCUT2D eigenvalue weighted by molar-refractivity contribution is -0.145. The van der Waals surface area contributed by atoms with Crippen LogP contribution < -0.4 is 3.53 Å². The fourth-order valence-corrected chi connectivity index (χ4v) is 1.42. The summed E-state index contributed by atoms with van der Waals surface area (Å²) in [6, 6.07) is 0.437. The van der Waals surface area contributed by atoms with Crippen molar-refractivity contribution in [1.82, 2.24) is 3.53 Å². The van der Waals surface area contributed by atoms with Gasteiger partial charge in [0.2, 0.25) is 0 Å². The first-order valence-electron chi connectivity index (χ1n) is 2.83. The van der Waals surface area contributed by atoms with Crippen molar-refractivity contribution < 1.29 is 9.90 Å². The summed E-state index contributed by atoms with van der Waals surface area (Å²) >= 11 is 2.06. The fourth-order valence-electron chi connectivity index (χ4n) is 0.909. The number of carboxylic acids is 1. The summed E-state index contributed by atoms with van der Waals surface area (Å²) in [5.74, 6) is -0.741. The molecule has 3 nitrogen and oxygen atoms in total. The predicted molar refractivity (Wildman–Crippen MR) is 41.3 cm³/mol. The Balaban J connectivity index is 2.19. The second-order valence-electron chi connectivity index (χ2n) is 2.31. The van der Waals surface area contributed by atoms with Crippen LogP contribution in [0, 0.1) is 5.92 Å². The van der Waals surface area contributed by atoms with Crippen LogP contribution in [-0.2, 0) is 4.79 Å². The lowest BCUT2D eigenvalue weighted by atomic mass is 9.81. The maximum absolute atomic E-state index is 10.2. The van der Waals surface area contributed by atoms with E-state index in [4.69, 9.17) is 5.11 Å². The van der Waals surface area contributed by atoms with Gasteiger partial charge in [0.05, 0.1) is 5.92 Å². The van der Waals surface area contributed by atoms with E-state index in [0.29, 0.717) is 6.04 Å². The summed E-state index contributed by atoms with van der Waals surface area (Å²) in [5.41, 5.74) is 0. The number of carbonyl (C=O) groups is 1. The van der Waals surface area contributed by atoms with Crippen LogP contribution in [0.3, 0.4) is 0 Å². The SMILES string of the molecule is O=C(O)[C@H]1C[C@H](NI)C1. The first kappa shape index (κ1) is 7.27. The maximum atomic E-state index is 10.2. The summed E-state index contributed by atoms with van der Waals surface area (Å²) in [6.07, 6.45) is 1.58. The molecule has 0 spiro atoms. The molecule has 2 N–H and O–H groups in total. The molecule has 0 saturated heterocycles. The average molecular weight is 241 g/mol. The quantitative estimate of drug-likeness (QED) is 0.555. The van der Waals surface area contributed by atoms with E-state index in [1.165, 1.54) is 0 Å². The molecule has 0 atom stereocenters. The molecule has 0 aromatic rings. The van der Waals surface area contributed by atoms with Crippen LogP contribution in [0.4, 0.5) is 0 Å². The fraction of sp³-hybridized carbons (Fsp3) is 0.800. The van der Waals surface area contributed by atoms with Gasteiger partial charge in [-0.1, -0.05) is 0 Å². The zero-order valence-corrected chi connectivity index (χ0v) is 6.96. The van der Waals surface area contributed by atoms with Gasteiger partial charge in [0.25, 0.3) is 0 Å². The molecule has 4 heteroatoms. The minimum atomic E-state index is -0.655. The monoisotopic (exact) mass is 241 g/mol. The van der Waals surface area contributed by atoms with Crippen molar-refractivity contribution >= 4 is 28.8 Å². The van der Waals surface area contributed by atoms with E-state index in [2.05, 4.69) is 26.4 Å². The highest BCUT2D eigenvalue weighted by atomic mass is 127. The highest BCUT2D eigenvalue weighted by molar-refractivity contribution is 14.1. The summed E-state index contributed by atoms with van der Waals surface area (Å²) in [7, 11) is 0. The molecule has 0 aliphatic heterocycles. The van der Waals surface area contributed by atoms with E-state index >= 15 is 0 Å². The lowest BCUT2D eigenvalue weighted by Gasteiger charge is -2.30. The third-order valence-corrected chi connectivity index (χ3v) is 2.52. The van der Waals surface area contributed by atoms with Crippen LogP contribution >= 0.6 is 22.9 Å². The van der Waals surface area contributed by atoms with Gasteiger partial charge in [0.15, 0.2) is 0 Å². The second-order valence-corrected chi connectivity index (χ2v) is 2.94. The third-order valence-electron chi connectivity index (χ3n) is 1.64. The van der Waals surface area contributed by atoms with Crippen molar-refractivity contribution in [2.75, 3.05) is 0 Å². The summed E-state index contributed by atoms with van der Waals surface area (Å²) in [6.45, 7) is 0. The van der Waals surface area contributed by atoms with Gasteiger partial charge in [-0.3, -0.25) is 8.32 Å². The van der Waals surface area contributed by atoms with Crippen LogP contribution in [0.1, 0.15) is 12.8 Å². The molecule has 0 radical (unpaired) electrons. The number of nitrogens with one attached hydrogen (secondary N) is 1. The number of hydrogen-bond donors (Lipinski definition) is 2. The van der Waals surface area contributed by atoms with E-state index in [1.807, 2.05) is 0 Å². The smallest absolute Gasteiger partial charge is 0.306 e. The van der Waals surface area contributed by atoms with E-state index in [-0.39, 0.29) is 5.92 Å². The van der Waals surface area contributed by atoms with Crippen LogP contribution in [0.5, 0.6) is 0 Å². The first-order valence-corrected chi connectivity index (χ1v) is 3.91. The lowest BCUT2D eigenvalue weighted by Crippen LogP contribution is -2.40. The standard InChI is InChI=1S/C5H8INO2/c6-7-4-1-3(2-4)5(8)9/h3-4,7H,1-2H2,(H,8,9)/t3-,4-. The number of hydrogen-bond acceptors (Lipinski definition) is 2. The Hall–Kier alpha value is 0.160. The molecule has 0 bridgehead atoms. The number of rotatable bonds is 2. The predicted octanol–water partition coefficient (Wildman–Crippen LogP) is 0.789. The van der Waals surface area contributed by atoms with Crippen molar-refractivity contribution in [2.24, 2.45) is 5.92 Å². The third kappa shape index (κ3) is 1.54. The molecule has 0 aromatic heterocycles. The Bertz CT molecular complexity index is 122. The van der Waals surface area contributed by atoms with Crippen LogP contribution in [-0.4, -0.2) is 17.1 Å². The van der Waals surface area contributed by atoms with Crippen molar-refractivity contribution in [3.05, 3.63) is 0 Å². The van der Waals surface area contributed by atoms with Crippen LogP contribution in [0.15, 0.2) is 0 Å². The number of halogens is 1. The molecule has 0 heterocycles. The van der Waals surface area contributed by atoms with Crippen LogP contribution in [0.25, 0.3) is 0 Å². The number of carboxylic acid groups (broad SMARTS) is 1. The van der Waals surface area contributed by atoms with Gasteiger partial charge >= 0.3 is 5.97 Å². The van der Waals surface area contributed by atoms with Crippen molar-refractivity contribution in [1.29, 1.82) is 0 Å². The zero-order chi connectivity index (χ0) is 6.85. The largest absolute Gasteiger partial charge is 0.481 e. The maximum Gasteiger partial charge on any atom is 0.306 e. The molecule has 1 rings (SSSR count). The zero-order valence-electron chi connectivity index (χ0n) is 4.80. The minimum Gasteiger partial charge on any atom is -0.481 e. The molecule has 1 fully saturated rings.